The predicted molar refractivity (Wildman–Crippen MR) is 94.0 cm³/mol. The van der Waals surface area contributed by atoms with Crippen molar-refractivity contribution in [3.8, 4) is 0 Å². The van der Waals surface area contributed by atoms with Gasteiger partial charge in [0.15, 0.2) is 0 Å². The molecule has 0 heterocycles. The van der Waals surface area contributed by atoms with Gasteiger partial charge >= 0.3 is 0 Å². The first-order valence-corrected chi connectivity index (χ1v) is 7.67. The summed E-state index contributed by atoms with van der Waals surface area (Å²) in [5.41, 5.74) is 4.03. The molecule has 0 atom stereocenters. The predicted octanol–water partition coefficient (Wildman–Crippen LogP) is 4.33. The van der Waals surface area contributed by atoms with E-state index in [0.717, 1.165) is 5.56 Å². The van der Waals surface area contributed by atoms with Gasteiger partial charge in [0.1, 0.15) is 0 Å². The summed E-state index contributed by atoms with van der Waals surface area (Å²) in [6, 6.07) is 13.0. The zero-order valence-electron chi connectivity index (χ0n) is 13.9. The molecule has 2 rings (SSSR count). The van der Waals surface area contributed by atoms with E-state index in [2.05, 4.69) is 24.5 Å². The molecular formula is C19H22N2O2. The van der Waals surface area contributed by atoms with Gasteiger partial charge in [0, 0.05) is 23.9 Å². The topological polar surface area (TPSA) is 58.2 Å². The normalized spacial score (nSPS) is 10.5. The van der Waals surface area contributed by atoms with Gasteiger partial charge in [0.25, 0.3) is 5.91 Å². The van der Waals surface area contributed by atoms with Crippen LogP contribution >= 0.6 is 0 Å². The van der Waals surface area contributed by atoms with Gasteiger partial charge in [-0.2, -0.15) is 0 Å². The van der Waals surface area contributed by atoms with Crippen LogP contribution in [-0.4, -0.2) is 11.8 Å². The second-order valence-electron chi connectivity index (χ2n) is 5.89. The van der Waals surface area contributed by atoms with Gasteiger partial charge < -0.3 is 10.6 Å². The molecule has 0 bridgehead atoms. The fraction of sp³-hybridized carbons (Fsp3) is 0.263. The number of carbonyl (C=O) groups excluding carboxylic acids is 2. The Morgan fingerprint density at radius 2 is 1.48 bits per heavy atom. The maximum atomic E-state index is 12.4. The smallest absolute Gasteiger partial charge is 0.255 e. The van der Waals surface area contributed by atoms with Gasteiger partial charge in [0.05, 0.1) is 0 Å². The number of anilines is 2. The van der Waals surface area contributed by atoms with E-state index in [1.54, 1.807) is 6.07 Å². The second-order valence-corrected chi connectivity index (χ2v) is 5.89. The molecule has 0 aliphatic rings. The summed E-state index contributed by atoms with van der Waals surface area (Å²) in [5.74, 6) is 0.132. The lowest BCUT2D eigenvalue weighted by Crippen LogP contribution is -2.14. The Kier molecular flexibility index (Phi) is 5.16. The van der Waals surface area contributed by atoms with E-state index < -0.39 is 0 Å². The lowest BCUT2D eigenvalue weighted by molar-refractivity contribution is -0.114. The fourth-order valence-corrected chi connectivity index (χ4v) is 2.31. The molecule has 0 aliphatic heterocycles. The van der Waals surface area contributed by atoms with E-state index in [1.165, 1.54) is 12.5 Å². The van der Waals surface area contributed by atoms with Gasteiger partial charge in [-0.05, 0) is 48.2 Å². The van der Waals surface area contributed by atoms with Crippen LogP contribution in [-0.2, 0) is 4.79 Å². The summed E-state index contributed by atoms with van der Waals surface area (Å²) in [7, 11) is 0. The summed E-state index contributed by atoms with van der Waals surface area (Å²) in [5, 5.41) is 5.65. The highest BCUT2D eigenvalue weighted by molar-refractivity contribution is 6.05. The van der Waals surface area contributed by atoms with E-state index in [-0.39, 0.29) is 11.8 Å². The molecule has 4 nitrogen and oxygen atoms in total. The monoisotopic (exact) mass is 310 g/mol. The number of carbonyl (C=O) groups is 2. The molecule has 0 aromatic heterocycles. The first kappa shape index (κ1) is 16.7. The summed E-state index contributed by atoms with van der Waals surface area (Å²) in [4.78, 5) is 23.6. The molecule has 2 aromatic rings. The summed E-state index contributed by atoms with van der Waals surface area (Å²) in [6.45, 7) is 7.56. The van der Waals surface area contributed by atoms with Crippen LogP contribution in [0.3, 0.4) is 0 Å². The number of amides is 2. The van der Waals surface area contributed by atoms with Crippen molar-refractivity contribution < 1.29 is 9.59 Å². The van der Waals surface area contributed by atoms with Crippen LogP contribution in [0.2, 0.25) is 0 Å². The number of nitrogens with one attached hydrogen (secondary N) is 2. The summed E-state index contributed by atoms with van der Waals surface area (Å²) < 4.78 is 0. The van der Waals surface area contributed by atoms with Crippen molar-refractivity contribution in [2.24, 2.45) is 0 Å². The highest BCUT2D eigenvalue weighted by atomic mass is 16.2. The quantitative estimate of drug-likeness (QED) is 0.883. The maximum Gasteiger partial charge on any atom is 0.255 e. The molecule has 120 valence electrons. The Morgan fingerprint density at radius 1 is 0.913 bits per heavy atom. The van der Waals surface area contributed by atoms with Gasteiger partial charge in [-0.25, -0.2) is 0 Å². The molecule has 0 radical (unpaired) electrons. The van der Waals surface area contributed by atoms with Gasteiger partial charge in [-0.1, -0.05) is 32.0 Å². The van der Waals surface area contributed by atoms with E-state index in [9.17, 15) is 9.59 Å². The number of benzene rings is 2. The first-order chi connectivity index (χ1) is 10.9. The molecule has 0 fully saturated rings. The van der Waals surface area contributed by atoms with Crippen LogP contribution in [0.15, 0.2) is 42.5 Å². The van der Waals surface area contributed by atoms with Crippen LogP contribution in [0.5, 0.6) is 0 Å². The Labute approximate surface area is 136 Å². The Bertz CT molecular complexity index is 719. The van der Waals surface area contributed by atoms with Crippen LogP contribution in [0.4, 0.5) is 11.4 Å². The molecule has 2 aromatic carbocycles. The van der Waals surface area contributed by atoms with E-state index in [0.29, 0.717) is 22.9 Å². The molecule has 2 N–H and O–H groups in total. The first-order valence-electron chi connectivity index (χ1n) is 7.67. The van der Waals surface area contributed by atoms with Crippen molar-refractivity contribution in [2.75, 3.05) is 10.6 Å². The molecule has 2 amide bonds. The minimum atomic E-state index is -0.164. The third kappa shape index (κ3) is 4.19. The number of hydrogen-bond acceptors (Lipinski definition) is 2. The fourth-order valence-electron chi connectivity index (χ4n) is 2.31. The molecule has 0 saturated heterocycles. The van der Waals surface area contributed by atoms with Crippen molar-refractivity contribution in [3.05, 3.63) is 59.2 Å². The summed E-state index contributed by atoms with van der Waals surface area (Å²) >= 11 is 0. The molecule has 0 unspecified atom stereocenters. The van der Waals surface area contributed by atoms with E-state index in [1.807, 2.05) is 43.3 Å². The Hall–Kier alpha value is -2.62. The highest BCUT2D eigenvalue weighted by Crippen LogP contribution is 2.24. The van der Waals surface area contributed by atoms with Crippen LogP contribution in [0.25, 0.3) is 0 Å². The standard InChI is InChI=1S/C19H22N2O2/c1-12(2)15-8-10-16(11-9-15)19(23)21-18-7-5-6-17(13(18)3)20-14(4)22/h5-12H,1-4H3,(H,20,22)(H,21,23). The minimum Gasteiger partial charge on any atom is -0.326 e. The minimum absolute atomic E-state index is 0.138. The van der Waals surface area contributed by atoms with Crippen molar-refractivity contribution in [3.63, 3.8) is 0 Å². The molecule has 0 spiro atoms. The lowest BCUT2D eigenvalue weighted by atomic mass is 10.0. The largest absolute Gasteiger partial charge is 0.326 e. The molecular weight excluding hydrogens is 288 g/mol. The van der Waals surface area contributed by atoms with Crippen molar-refractivity contribution in [1.82, 2.24) is 0 Å². The van der Waals surface area contributed by atoms with Crippen LogP contribution in [0.1, 0.15) is 48.2 Å². The van der Waals surface area contributed by atoms with Crippen LogP contribution in [0, 0.1) is 6.92 Å². The molecule has 23 heavy (non-hydrogen) atoms. The third-order valence-corrected chi connectivity index (χ3v) is 3.73. The van der Waals surface area contributed by atoms with Crippen molar-refractivity contribution in [1.29, 1.82) is 0 Å². The Morgan fingerprint density at radius 3 is 2.00 bits per heavy atom. The Balaban J connectivity index is 2.18. The van der Waals surface area contributed by atoms with Crippen molar-refractivity contribution in [2.45, 2.75) is 33.6 Å². The highest BCUT2D eigenvalue weighted by Gasteiger charge is 2.10. The third-order valence-electron chi connectivity index (χ3n) is 3.73. The molecule has 0 saturated carbocycles. The second kappa shape index (κ2) is 7.09. The van der Waals surface area contributed by atoms with Crippen molar-refractivity contribution >= 4 is 23.2 Å². The van der Waals surface area contributed by atoms with E-state index >= 15 is 0 Å². The van der Waals surface area contributed by atoms with Crippen LogP contribution < -0.4 is 10.6 Å². The zero-order chi connectivity index (χ0) is 17.0. The average Bonchev–Trinajstić information content (AvgIpc) is 2.51. The molecule has 4 heteroatoms. The van der Waals surface area contributed by atoms with Gasteiger partial charge in [-0.3, -0.25) is 9.59 Å². The zero-order valence-corrected chi connectivity index (χ0v) is 13.9. The SMILES string of the molecule is CC(=O)Nc1cccc(NC(=O)c2ccc(C(C)C)cc2)c1C. The van der Waals surface area contributed by atoms with Gasteiger partial charge in [0.2, 0.25) is 5.91 Å². The lowest BCUT2D eigenvalue weighted by Gasteiger charge is -2.13. The van der Waals surface area contributed by atoms with Gasteiger partial charge in [-0.15, -0.1) is 0 Å². The maximum absolute atomic E-state index is 12.4. The summed E-state index contributed by atoms with van der Waals surface area (Å²) in [6.07, 6.45) is 0. The number of hydrogen-bond donors (Lipinski definition) is 2. The average molecular weight is 310 g/mol. The molecule has 0 aliphatic carbocycles. The van der Waals surface area contributed by atoms with E-state index in [4.69, 9.17) is 0 Å². The number of rotatable bonds is 4.